The van der Waals surface area contributed by atoms with Crippen molar-refractivity contribution in [2.24, 2.45) is 0 Å². The van der Waals surface area contributed by atoms with Gasteiger partial charge in [0, 0.05) is 32.5 Å². The fourth-order valence-electron chi connectivity index (χ4n) is 4.75. The first-order chi connectivity index (χ1) is 18.9. The number of aliphatic hydroxyl groups is 1. The minimum absolute atomic E-state index is 0.213. The van der Waals surface area contributed by atoms with E-state index in [9.17, 15) is 9.90 Å². The van der Waals surface area contributed by atoms with Crippen molar-refractivity contribution in [1.82, 2.24) is 15.3 Å². The summed E-state index contributed by atoms with van der Waals surface area (Å²) in [6.45, 7) is -0.213. The van der Waals surface area contributed by atoms with Crippen LogP contribution in [0.5, 0.6) is 17.2 Å². The summed E-state index contributed by atoms with van der Waals surface area (Å²) in [4.78, 5) is 21.7. The lowest BCUT2D eigenvalue weighted by Crippen LogP contribution is -2.39. The standard InChI is InChI=1S/C30H28BrN3O5/c1-37-27-11-17(12-28(38-2)29(27)39-3)26-14-23(21-6-4-5-7-25(21)34-26)30(36)33-20(16-35)10-18-15-32-24-9-8-19(31)13-22(18)24/h4-9,11-15,20,32,35H,10,16H2,1-3H3,(H,33,36). The molecule has 0 aliphatic rings. The van der Waals surface area contributed by atoms with Crippen molar-refractivity contribution in [3.63, 3.8) is 0 Å². The van der Waals surface area contributed by atoms with Crippen molar-refractivity contribution < 1.29 is 24.1 Å². The molecule has 5 rings (SSSR count). The third-order valence-corrected chi connectivity index (χ3v) is 7.17. The molecule has 1 unspecified atom stereocenters. The highest BCUT2D eigenvalue weighted by Gasteiger charge is 2.21. The number of nitrogens with one attached hydrogen (secondary N) is 2. The Hall–Kier alpha value is -4.08. The van der Waals surface area contributed by atoms with E-state index < -0.39 is 6.04 Å². The number of H-pyrrole nitrogens is 1. The van der Waals surface area contributed by atoms with Crippen LogP contribution in [0.1, 0.15) is 15.9 Å². The molecule has 0 spiro atoms. The molecule has 2 aromatic heterocycles. The van der Waals surface area contributed by atoms with Crippen LogP contribution in [0.2, 0.25) is 0 Å². The number of aromatic nitrogens is 2. The molecule has 0 radical (unpaired) electrons. The van der Waals surface area contributed by atoms with Gasteiger partial charge in [0.2, 0.25) is 5.75 Å². The van der Waals surface area contributed by atoms with E-state index in [1.807, 2.05) is 48.7 Å². The van der Waals surface area contributed by atoms with Crippen LogP contribution in [0.3, 0.4) is 0 Å². The maximum absolute atomic E-state index is 13.7. The molecule has 39 heavy (non-hydrogen) atoms. The first-order valence-corrected chi connectivity index (χ1v) is 13.1. The number of carbonyl (C=O) groups excluding carboxylic acids is 1. The monoisotopic (exact) mass is 589 g/mol. The van der Waals surface area contributed by atoms with E-state index in [1.165, 1.54) is 0 Å². The topological polar surface area (TPSA) is 106 Å². The number of methoxy groups -OCH3 is 3. The molecule has 200 valence electrons. The Balaban J connectivity index is 1.51. The molecular formula is C30H28BrN3O5. The molecule has 0 bridgehead atoms. The van der Waals surface area contributed by atoms with Crippen LogP contribution in [0, 0.1) is 0 Å². The number of pyridine rings is 1. The van der Waals surface area contributed by atoms with Gasteiger partial charge in [-0.15, -0.1) is 0 Å². The third kappa shape index (κ3) is 5.28. The number of carbonyl (C=O) groups is 1. The lowest BCUT2D eigenvalue weighted by atomic mass is 10.0. The first-order valence-electron chi connectivity index (χ1n) is 12.3. The lowest BCUT2D eigenvalue weighted by molar-refractivity contribution is 0.0918. The van der Waals surface area contributed by atoms with Crippen molar-refractivity contribution >= 4 is 43.6 Å². The van der Waals surface area contributed by atoms with Crippen LogP contribution in [-0.4, -0.2) is 55.0 Å². The number of para-hydroxylation sites is 1. The summed E-state index contributed by atoms with van der Waals surface area (Å²) in [6, 6.07) is 18.3. The summed E-state index contributed by atoms with van der Waals surface area (Å²) in [5.41, 5.74) is 4.38. The van der Waals surface area contributed by atoms with Gasteiger partial charge in [0.25, 0.3) is 5.91 Å². The number of nitrogens with zero attached hydrogens (tertiary/aromatic N) is 1. The lowest BCUT2D eigenvalue weighted by Gasteiger charge is -2.18. The van der Waals surface area contributed by atoms with Crippen LogP contribution < -0.4 is 19.5 Å². The van der Waals surface area contributed by atoms with E-state index in [0.29, 0.717) is 51.4 Å². The maximum Gasteiger partial charge on any atom is 0.252 e. The summed E-state index contributed by atoms with van der Waals surface area (Å²) in [5, 5.41) is 14.9. The fraction of sp³-hybridized carbons (Fsp3) is 0.200. The number of ether oxygens (including phenoxy) is 3. The summed E-state index contributed by atoms with van der Waals surface area (Å²) in [7, 11) is 4.65. The zero-order valence-corrected chi connectivity index (χ0v) is 23.3. The van der Waals surface area contributed by atoms with Gasteiger partial charge in [0.15, 0.2) is 11.5 Å². The van der Waals surface area contributed by atoms with Crippen molar-refractivity contribution in [2.45, 2.75) is 12.5 Å². The number of rotatable bonds is 9. The van der Waals surface area contributed by atoms with Gasteiger partial charge < -0.3 is 29.6 Å². The van der Waals surface area contributed by atoms with Gasteiger partial charge in [-0.3, -0.25) is 4.79 Å². The molecule has 1 amide bonds. The van der Waals surface area contributed by atoms with Crippen LogP contribution in [0.4, 0.5) is 0 Å². The number of halogens is 1. The SMILES string of the molecule is COc1cc(-c2cc(C(=O)NC(CO)Cc3c[nH]c4ccc(Br)cc34)c3ccccc3n2)cc(OC)c1OC. The Kier molecular flexibility index (Phi) is 7.72. The average Bonchev–Trinajstić information content (AvgIpc) is 3.36. The Bertz CT molecular complexity index is 1640. The van der Waals surface area contributed by atoms with Crippen LogP contribution in [-0.2, 0) is 6.42 Å². The molecule has 8 nitrogen and oxygen atoms in total. The second-order valence-corrected chi connectivity index (χ2v) is 9.96. The second-order valence-electron chi connectivity index (χ2n) is 9.05. The molecule has 1 atom stereocenters. The Morgan fingerprint density at radius 1 is 1.00 bits per heavy atom. The van der Waals surface area contributed by atoms with Gasteiger partial charge >= 0.3 is 0 Å². The zero-order valence-electron chi connectivity index (χ0n) is 21.7. The quantitative estimate of drug-likeness (QED) is 0.209. The van der Waals surface area contributed by atoms with Gasteiger partial charge in [-0.2, -0.15) is 0 Å². The smallest absolute Gasteiger partial charge is 0.252 e. The van der Waals surface area contributed by atoms with Gasteiger partial charge in [0.1, 0.15) is 0 Å². The highest BCUT2D eigenvalue weighted by Crippen LogP contribution is 2.41. The normalized spacial score (nSPS) is 11.9. The summed E-state index contributed by atoms with van der Waals surface area (Å²) in [6.07, 6.45) is 2.37. The molecular weight excluding hydrogens is 562 g/mol. The largest absolute Gasteiger partial charge is 0.493 e. The number of hydrogen-bond donors (Lipinski definition) is 3. The van der Waals surface area contributed by atoms with E-state index >= 15 is 0 Å². The number of fused-ring (bicyclic) bond motifs is 2. The van der Waals surface area contributed by atoms with E-state index in [1.54, 1.807) is 39.5 Å². The van der Waals surface area contributed by atoms with Gasteiger partial charge in [-0.1, -0.05) is 34.1 Å². The van der Waals surface area contributed by atoms with Crippen molar-refractivity contribution in [1.29, 1.82) is 0 Å². The third-order valence-electron chi connectivity index (χ3n) is 6.67. The van der Waals surface area contributed by atoms with E-state index in [-0.39, 0.29) is 12.5 Å². The van der Waals surface area contributed by atoms with Gasteiger partial charge in [-0.05, 0) is 54.4 Å². The molecule has 9 heteroatoms. The zero-order chi connectivity index (χ0) is 27.5. The van der Waals surface area contributed by atoms with Crippen LogP contribution in [0.25, 0.3) is 33.1 Å². The number of hydrogen-bond acceptors (Lipinski definition) is 6. The molecule has 2 heterocycles. The molecule has 3 N–H and O–H groups in total. The summed E-state index contributed by atoms with van der Waals surface area (Å²) in [5.74, 6) is 1.14. The summed E-state index contributed by atoms with van der Waals surface area (Å²) >= 11 is 3.52. The van der Waals surface area contributed by atoms with Crippen LogP contribution >= 0.6 is 15.9 Å². The van der Waals surface area contributed by atoms with Crippen molar-refractivity contribution in [2.75, 3.05) is 27.9 Å². The van der Waals surface area contributed by atoms with E-state index in [2.05, 4.69) is 26.2 Å². The van der Waals surface area contributed by atoms with E-state index in [4.69, 9.17) is 19.2 Å². The molecule has 0 aliphatic heterocycles. The first kappa shape index (κ1) is 26.5. The second kappa shape index (κ2) is 11.3. The molecule has 0 fully saturated rings. The van der Waals surface area contributed by atoms with Crippen LogP contribution in [0.15, 0.2) is 71.3 Å². The molecule has 0 saturated heterocycles. The van der Waals surface area contributed by atoms with Gasteiger partial charge in [-0.25, -0.2) is 4.98 Å². The molecule has 0 saturated carbocycles. The highest BCUT2D eigenvalue weighted by atomic mass is 79.9. The number of benzene rings is 3. The molecule has 5 aromatic rings. The Labute approximate surface area is 234 Å². The average molecular weight is 590 g/mol. The molecule has 3 aromatic carbocycles. The predicted molar refractivity (Wildman–Crippen MR) is 155 cm³/mol. The minimum atomic E-state index is -0.493. The van der Waals surface area contributed by atoms with Gasteiger partial charge in [0.05, 0.1) is 50.8 Å². The predicted octanol–water partition coefficient (Wildman–Crippen LogP) is 5.50. The number of aromatic amines is 1. The number of amides is 1. The van der Waals surface area contributed by atoms with E-state index in [0.717, 1.165) is 20.9 Å². The minimum Gasteiger partial charge on any atom is -0.493 e. The number of aliphatic hydroxyl groups excluding tert-OH is 1. The Morgan fingerprint density at radius 2 is 1.74 bits per heavy atom. The summed E-state index contributed by atoms with van der Waals surface area (Å²) < 4.78 is 17.4. The molecule has 0 aliphatic carbocycles. The highest BCUT2D eigenvalue weighted by molar-refractivity contribution is 9.10. The maximum atomic E-state index is 13.7. The fourth-order valence-corrected chi connectivity index (χ4v) is 5.11. The Morgan fingerprint density at radius 3 is 2.44 bits per heavy atom. The van der Waals surface area contributed by atoms with Crippen molar-refractivity contribution in [3.05, 3.63) is 82.5 Å². The van der Waals surface area contributed by atoms with Crippen molar-refractivity contribution in [3.8, 4) is 28.5 Å².